The smallest absolute Gasteiger partial charge is 0.142 e. The summed E-state index contributed by atoms with van der Waals surface area (Å²) in [5, 5.41) is 3.40. The van der Waals surface area contributed by atoms with Gasteiger partial charge >= 0.3 is 0 Å². The second-order valence-electron chi connectivity index (χ2n) is 4.88. The molecule has 0 aliphatic heterocycles. The third-order valence-corrected chi connectivity index (χ3v) is 4.18. The zero-order chi connectivity index (χ0) is 14.5. The molecule has 0 aromatic heterocycles. The van der Waals surface area contributed by atoms with Crippen LogP contribution in [0, 0.1) is 5.82 Å². The lowest BCUT2D eigenvalue weighted by Gasteiger charge is -2.26. The molecule has 2 atom stereocenters. The number of hydrogen-bond acceptors (Lipinski definition) is 1. The van der Waals surface area contributed by atoms with E-state index in [1.54, 1.807) is 6.07 Å². The van der Waals surface area contributed by atoms with Gasteiger partial charge in [-0.05, 0) is 34.1 Å². The van der Waals surface area contributed by atoms with Crippen molar-refractivity contribution in [1.29, 1.82) is 0 Å². The normalized spacial score (nSPS) is 14.0. The summed E-state index contributed by atoms with van der Waals surface area (Å²) in [5.74, 6) is 0.0150. The van der Waals surface area contributed by atoms with Gasteiger partial charge in [-0.2, -0.15) is 0 Å². The standard InChI is InChI=1S/C17H19BrFN/c1-3-20-17(12(2)13-8-5-4-6-9-13)14-10-7-11-15(18)16(14)19/h4-12,17,20H,3H2,1-2H3. The second kappa shape index (κ2) is 7.00. The molecule has 1 N–H and O–H groups in total. The van der Waals surface area contributed by atoms with Crippen LogP contribution in [0.2, 0.25) is 0 Å². The molecule has 0 saturated heterocycles. The molecule has 106 valence electrons. The number of halogens is 2. The highest BCUT2D eigenvalue weighted by Gasteiger charge is 2.23. The molecule has 2 rings (SSSR count). The van der Waals surface area contributed by atoms with Crippen LogP contribution in [0.5, 0.6) is 0 Å². The number of hydrogen-bond donors (Lipinski definition) is 1. The van der Waals surface area contributed by atoms with Gasteiger partial charge in [0.15, 0.2) is 0 Å². The molecule has 0 aliphatic carbocycles. The van der Waals surface area contributed by atoms with Crippen LogP contribution in [-0.2, 0) is 0 Å². The van der Waals surface area contributed by atoms with Crippen molar-refractivity contribution in [2.45, 2.75) is 25.8 Å². The fraction of sp³-hybridized carbons (Fsp3) is 0.294. The quantitative estimate of drug-likeness (QED) is 0.806. The predicted octanol–water partition coefficient (Wildman–Crippen LogP) is 5.04. The maximum atomic E-state index is 14.4. The average molecular weight is 336 g/mol. The minimum Gasteiger partial charge on any atom is -0.310 e. The fourth-order valence-corrected chi connectivity index (χ4v) is 2.87. The highest BCUT2D eigenvalue weighted by Crippen LogP contribution is 2.33. The minimum atomic E-state index is -0.179. The highest BCUT2D eigenvalue weighted by molar-refractivity contribution is 9.10. The van der Waals surface area contributed by atoms with Gasteiger partial charge in [0.2, 0.25) is 0 Å². The summed E-state index contributed by atoms with van der Waals surface area (Å²) in [6.07, 6.45) is 0. The van der Waals surface area contributed by atoms with E-state index >= 15 is 0 Å². The topological polar surface area (TPSA) is 12.0 Å². The first-order chi connectivity index (χ1) is 9.65. The van der Waals surface area contributed by atoms with Crippen molar-refractivity contribution in [2.24, 2.45) is 0 Å². The van der Waals surface area contributed by atoms with Crippen LogP contribution >= 0.6 is 15.9 Å². The molecule has 0 spiro atoms. The summed E-state index contributed by atoms with van der Waals surface area (Å²) in [5.41, 5.74) is 1.91. The Kier molecular flexibility index (Phi) is 5.32. The van der Waals surface area contributed by atoms with Crippen LogP contribution in [-0.4, -0.2) is 6.54 Å². The largest absolute Gasteiger partial charge is 0.310 e. The second-order valence-corrected chi connectivity index (χ2v) is 5.73. The Morgan fingerprint density at radius 3 is 2.45 bits per heavy atom. The van der Waals surface area contributed by atoms with Gasteiger partial charge in [-0.1, -0.05) is 56.3 Å². The van der Waals surface area contributed by atoms with Gasteiger partial charge < -0.3 is 5.32 Å². The van der Waals surface area contributed by atoms with Crippen molar-refractivity contribution in [3.63, 3.8) is 0 Å². The molecule has 0 saturated carbocycles. The number of nitrogens with one attached hydrogen (secondary N) is 1. The van der Waals surface area contributed by atoms with Crippen LogP contribution in [0.25, 0.3) is 0 Å². The van der Waals surface area contributed by atoms with E-state index in [2.05, 4.69) is 40.3 Å². The Bertz CT molecular complexity index is 556. The molecular formula is C17H19BrFN. The van der Waals surface area contributed by atoms with Crippen molar-refractivity contribution in [2.75, 3.05) is 6.54 Å². The lowest BCUT2D eigenvalue weighted by atomic mass is 9.88. The van der Waals surface area contributed by atoms with E-state index in [4.69, 9.17) is 0 Å². The van der Waals surface area contributed by atoms with Crippen molar-refractivity contribution < 1.29 is 4.39 Å². The molecule has 0 radical (unpaired) electrons. The third-order valence-electron chi connectivity index (χ3n) is 3.57. The molecule has 2 unspecified atom stereocenters. The summed E-state index contributed by atoms with van der Waals surface area (Å²) < 4.78 is 14.9. The van der Waals surface area contributed by atoms with Gasteiger partial charge in [0.25, 0.3) is 0 Å². The van der Waals surface area contributed by atoms with E-state index in [1.165, 1.54) is 5.56 Å². The van der Waals surface area contributed by atoms with E-state index in [0.717, 1.165) is 6.54 Å². The lowest BCUT2D eigenvalue weighted by molar-refractivity contribution is 0.454. The average Bonchev–Trinajstić information content (AvgIpc) is 2.48. The van der Waals surface area contributed by atoms with Crippen molar-refractivity contribution in [1.82, 2.24) is 5.32 Å². The molecule has 2 aromatic carbocycles. The Morgan fingerprint density at radius 1 is 1.10 bits per heavy atom. The first-order valence-electron chi connectivity index (χ1n) is 6.87. The van der Waals surface area contributed by atoms with Crippen LogP contribution in [0.3, 0.4) is 0 Å². The zero-order valence-corrected chi connectivity index (χ0v) is 13.3. The molecule has 3 heteroatoms. The monoisotopic (exact) mass is 335 g/mol. The van der Waals surface area contributed by atoms with Gasteiger partial charge in [0.05, 0.1) is 4.47 Å². The molecule has 0 aliphatic rings. The lowest BCUT2D eigenvalue weighted by Crippen LogP contribution is -2.26. The Balaban J connectivity index is 2.38. The molecular weight excluding hydrogens is 317 g/mol. The van der Waals surface area contributed by atoms with E-state index in [0.29, 0.717) is 10.0 Å². The van der Waals surface area contributed by atoms with E-state index in [1.807, 2.05) is 37.3 Å². The highest BCUT2D eigenvalue weighted by atomic mass is 79.9. The van der Waals surface area contributed by atoms with Crippen LogP contribution in [0.1, 0.15) is 36.9 Å². The first kappa shape index (κ1) is 15.2. The summed E-state index contributed by atoms with van der Waals surface area (Å²) >= 11 is 3.27. The van der Waals surface area contributed by atoms with E-state index in [9.17, 15) is 4.39 Å². The summed E-state index contributed by atoms with van der Waals surface area (Å²) in [7, 11) is 0. The summed E-state index contributed by atoms with van der Waals surface area (Å²) in [6, 6.07) is 15.6. The first-order valence-corrected chi connectivity index (χ1v) is 7.66. The maximum Gasteiger partial charge on any atom is 0.142 e. The molecule has 0 bridgehead atoms. The van der Waals surface area contributed by atoms with Gasteiger partial charge in [0, 0.05) is 17.5 Å². The Hall–Kier alpha value is -1.19. The van der Waals surface area contributed by atoms with Crippen LogP contribution in [0.15, 0.2) is 53.0 Å². The van der Waals surface area contributed by atoms with Gasteiger partial charge in [-0.3, -0.25) is 0 Å². The Labute approximate surface area is 128 Å². The number of benzene rings is 2. The molecule has 20 heavy (non-hydrogen) atoms. The third kappa shape index (κ3) is 3.28. The van der Waals surface area contributed by atoms with Gasteiger partial charge in [0.1, 0.15) is 5.82 Å². The van der Waals surface area contributed by atoms with Crippen molar-refractivity contribution >= 4 is 15.9 Å². The molecule has 0 heterocycles. The molecule has 2 aromatic rings. The number of rotatable bonds is 5. The fourth-order valence-electron chi connectivity index (χ4n) is 2.49. The minimum absolute atomic E-state index is 0.0418. The van der Waals surface area contributed by atoms with Crippen molar-refractivity contribution in [3.05, 3.63) is 69.9 Å². The Morgan fingerprint density at radius 2 is 1.80 bits per heavy atom. The molecule has 0 amide bonds. The SMILES string of the molecule is CCNC(c1cccc(Br)c1F)C(C)c1ccccc1. The van der Waals surface area contributed by atoms with Crippen LogP contribution < -0.4 is 5.32 Å². The van der Waals surface area contributed by atoms with Crippen LogP contribution in [0.4, 0.5) is 4.39 Å². The maximum absolute atomic E-state index is 14.4. The van der Waals surface area contributed by atoms with E-state index < -0.39 is 0 Å². The summed E-state index contributed by atoms with van der Waals surface area (Å²) in [6.45, 7) is 4.97. The van der Waals surface area contributed by atoms with Crippen molar-refractivity contribution in [3.8, 4) is 0 Å². The molecule has 0 fully saturated rings. The molecule has 1 nitrogen and oxygen atoms in total. The van der Waals surface area contributed by atoms with Gasteiger partial charge in [-0.25, -0.2) is 4.39 Å². The number of likely N-dealkylation sites (N-methyl/N-ethyl adjacent to an activating group) is 1. The van der Waals surface area contributed by atoms with E-state index in [-0.39, 0.29) is 17.8 Å². The predicted molar refractivity (Wildman–Crippen MR) is 85.4 cm³/mol. The zero-order valence-electron chi connectivity index (χ0n) is 11.7. The van der Waals surface area contributed by atoms with Gasteiger partial charge in [-0.15, -0.1) is 0 Å². The summed E-state index contributed by atoms with van der Waals surface area (Å²) in [4.78, 5) is 0.